The molecule has 0 heterocycles. The maximum Gasteiger partial charge on any atom is 0.220 e. The van der Waals surface area contributed by atoms with E-state index in [0.717, 1.165) is 32.1 Å². The van der Waals surface area contributed by atoms with E-state index in [4.69, 9.17) is 0 Å². The summed E-state index contributed by atoms with van der Waals surface area (Å²) in [5.41, 5.74) is 0. The van der Waals surface area contributed by atoms with Crippen molar-refractivity contribution < 1.29 is 15.0 Å². The molecule has 0 aliphatic heterocycles. The number of aliphatic hydroxyl groups excluding tert-OH is 2. The van der Waals surface area contributed by atoms with Crippen molar-refractivity contribution in [3.8, 4) is 0 Å². The summed E-state index contributed by atoms with van der Waals surface area (Å²) in [6.45, 7) is 4.30. The largest absolute Gasteiger partial charge is 0.394 e. The number of hydrogen-bond donors (Lipinski definition) is 3. The number of carbonyl (C=O) groups excluding carboxylic acids is 1. The van der Waals surface area contributed by atoms with Gasteiger partial charge in [-0.15, -0.1) is 0 Å². The summed E-state index contributed by atoms with van der Waals surface area (Å²) in [7, 11) is 0. The summed E-state index contributed by atoms with van der Waals surface area (Å²) < 4.78 is 0. The highest BCUT2D eigenvalue weighted by Gasteiger charge is 2.18. The monoisotopic (exact) mass is 870 g/mol. The van der Waals surface area contributed by atoms with Crippen LogP contribution < -0.4 is 5.32 Å². The SMILES string of the molecule is CCCCCCCCC/C=C/CC/C=C/C(O)C(CO)NC(=O)CCCCCCCCCCCCCCCCCCCCCCCCCCC/C=C\CCCCCCCCCC. The number of amides is 1. The fourth-order valence-electron chi connectivity index (χ4n) is 8.78. The topological polar surface area (TPSA) is 69.6 Å². The number of aliphatic hydroxyl groups is 2. The Kier molecular flexibility index (Phi) is 52.7. The van der Waals surface area contributed by atoms with E-state index in [1.165, 1.54) is 257 Å². The lowest BCUT2D eigenvalue weighted by Gasteiger charge is -2.19. The molecule has 0 aromatic rings. The number of carbonyl (C=O) groups is 1. The van der Waals surface area contributed by atoms with E-state index in [9.17, 15) is 15.0 Å². The molecule has 4 heteroatoms. The van der Waals surface area contributed by atoms with Crippen LogP contribution in [0.3, 0.4) is 0 Å². The van der Waals surface area contributed by atoms with E-state index in [2.05, 4.69) is 43.5 Å². The second kappa shape index (κ2) is 53.9. The molecule has 0 spiro atoms. The zero-order chi connectivity index (χ0) is 44.9. The van der Waals surface area contributed by atoms with Gasteiger partial charge >= 0.3 is 0 Å². The Balaban J connectivity index is 3.39. The smallest absolute Gasteiger partial charge is 0.220 e. The summed E-state index contributed by atoms with van der Waals surface area (Å²) in [6, 6.07) is -0.636. The van der Waals surface area contributed by atoms with Crippen LogP contribution in [-0.4, -0.2) is 34.9 Å². The molecule has 0 aromatic heterocycles. The molecule has 62 heavy (non-hydrogen) atoms. The Bertz CT molecular complexity index is 943. The maximum absolute atomic E-state index is 12.4. The van der Waals surface area contributed by atoms with Gasteiger partial charge in [0.05, 0.1) is 18.8 Å². The molecule has 4 nitrogen and oxygen atoms in total. The lowest BCUT2D eigenvalue weighted by Crippen LogP contribution is -2.45. The first-order valence-corrected chi connectivity index (χ1v) is 28.2. The molecule has 0 aliphatic rings. The van der Waals surface area contributed by atoms with Crippen molar-refractivity contribution in [2.75, 3.05) is 6.61 Å². The van der Waals surface area contributed by atoms with E-state index < -0.39 is 12.1 Å². The van der Waals surface area contributed by atoms with Crippen molar-refractivity contribution in [3.05, 3.63) is 36.5 Å². The molecule has 0 fully saturated rings. The standard InChI is InChI=1S/C58H111NO3/c1-3-5-7-9-11-13-15-17-18-19-20-21-22-23-24-25-26-27-28-29-30-31-32-33-34-35-36-37-38-39-40-42-44-46-48-50-52-54-58(62)59-56(55-60)57(61)53-51-49-47-45-43-41-16-14-12-10-8-6-4-2/h19-20,43,45,51,53,56-57,60-61H,3-18,21-42,44,46-50,52,54-55H2,1-2H3,(H,59,62)/b20-19-,45-43+,53-51+. The third-order valence-corrected chi connectivity index (χ3v) is 13.1. The number of hydrogen-bond acceptors (Lipinski definition) is 3. The minimum atomic E-state index is -0.859. The summed E-state index contributed by atoms with van der Waals surface area (Å²) in [5.74, 6) is -0.0696. The fraction of sp³-hybridized carbons (Fsp3) is 0.879. The van der Waals surface area contributed by atoms with E-state index >= 15 is 0 Å². The number of rotatable bonds is 52. The van der Waals surface area contributed by atoms with Gasteiger partial charge in [0.2, 0.25) is 5.91 Å². The quantitative estimate of drug-likeness (QED) is 0.0421. The second-order valence-electron chi connectivity index (χ2n) is 19.3. The first-order valence-electron chi connectivity index (χ1n) is 28.2. The molecule has 0 saturated carbocycles. The molecular weight excluding hydrogens is 759 g/mol. The Morgan fingerprint density at radius 1 is 0.371 bits per heavy atom. The molecule has 0 bridgehead atoms. The van der Waals surface area contributed by atoms with Crippen molar-refractivity contribution in [2.24, 2.45) is 0 Å². The molecule has 0 radical (unpaired) electrons. The van der Waals surface area contributed by atoms with E-state index in [1.807, 2.05) is 6.08 Å². The maximum atomic E-state index is 12.4. The van der Waals surface area contributed by atoms with Gasteiger partial charge in [0, 0.05) is 6.42 Å². The molecule has 2 unspecified atom stereocenters. The van der Waals surface area contributed by atoms with Crippen molar-refractivity contribution in [1.82, 2.24) is 5.32 Å². The Hall–Kier alpha value is -1.39. The van der Waals surface area contributed by atoms with Gasteiger partial charge < -0.3 is 15.5 Å². The fourth-order valence-corrected chi connectivity index (χ4v) is 8.78. The van der Waals surface area contributed by atoms with Gasteiger partial charge in [0.15, 0.2) is 0 Å². The van der Waals surface area contributed by atoms with Gasteiger partial charge in [0.1, 0.15) is 0 Å². The second-order valence-corrected chi connectivity index (χ2v) is 19.3. The zero-order valence-electron chi connectivity index (χ0n) is 42.2. The predicted molar refractivity (Wildman–Crippen MR) is 276 cm³/mol. The molecule has 2 atom stereocenters. The van der Waals surface area contributed by atoms with Crippen molar-refractivity contribution in [2.45, 2.75) is 321 Å². The predicted octanol–water partition coefficient (Wildman–Crippen LogP) is 18.5. The van der Waals surface area contributed by atoms with Crippen molar-refractivity contribution >= 4 is 5.91 Å². The van der Waals surface area contributed by atoms with E-state index in [1.54, 1.807) is 6.08 Å². The minimum Gasteiger partial charge on any atom is -0.394 e. The van der Waals surface area contributed by atoms with Crippen LogP contribution in [0, 0.1) is 0 Å². The van der Waals surface area contributed by atoms with Crippen molar-refractivity contribution in [3.63, 3.8) is 0 Å². The van der Waals surface area contributed by atoms with Crippen LogP contribution in [0.25, 0.3) is 0 Å². The lowest BCUT2D eigenvalue weighted by molar-refractivity contribution is -0.123. The molecule has 0 aliphatic carbocycles. The Labute approximate surface area is 389 Å². The highest BCUT2D eigenvalue weighted by atomic mass is 16.3. The third-order valence-electron chi connectivity index (χ3n) is 13.1. The van der Waals surface area contributed by atoms with Gasteiger partial charge in [-0.05, 0) is 57.8 Å². The third kappa shape index (κ3) is 49.6. The molecule has 366 valence electrons. The average Bonchev–Trinajstić information content (AvgIpc) is 3.28. The molecule has 0 saturated heterocycles. The van der Waals surface area contributed by atoms with E-state index in [0.29, 0.717) is 6.42 Å². The van der Waals surface area contributed by atoms with Crippen LogP contribution >= 0.6 is 0 Å². The average molecular weight is 871 g/mol. The van der Waals surface area contributed by atoms with Crippen LogP contribution in [-0.2, 0) is 4.79 Å². The summed E-state index contributed by atoms with van der Waals surface area (Å²) in [5, 5.41) is 23.0. The molecule has 1 amide bonds. The van der Waals surface area contributed by atoms with Crippen LogP contribution in [0.15, 0.2) is 36.5 Å². The van der Waals surface area contributed by atoms with Gasteiger partial charge in [-0.2, -0.15) is 0 Å². The van der Waals surface area contributed by atoms with Crippen LogP contribution in [0.4, 0.5) is 0 Å². The van der Waals surface area contributed by atoms with Gasteiger partial charge in [-0.1, -0.05) is 281 Å². The molecule has 0 aromatic carbocycles. The van der Waals surface area contributed by atoms with E-state index in [-0.39, 0.29) is 12.5 Å². The lowest BCUT2D eigenvalue weighted by atomic mass is 10.0. The number of allylic oxidation sites excluding steroid dienone is 5. The van der Waals surface area contributed by atoms with Gasteiger partial charge in [0.25, 0.3) is 0 Å². The molecular formula is C58H111NO3. The number of unbranched alkanes of at least 4 members (excludes halogenated alkanes) is 41. The number of nitrogens with one attached hydrogen (secondary N) is 1. The van der Waals surface area contributed by atoms with Gasteiger partial charge in [-0.25, -0.2) is 0 Å². The molecule has 3 N–H and O–H groups in total. The minimum absolute atomic E-state index is 0.0696. The van der Waals surface area contributed by atoms with Crippen LogP contribution in [0.2, 0.25) is 0 Å². The van der Waals surface area contributed by atoms with Gasteiger partial charge in [-0.3, -0.25) is 4.79 Å². The summed E-state index contributed by atoms with van der Waals surface area (Å²) in [4.78, 5) is 12.4. The highest BCUT2D eigenvalue weighted by Crippen LogP contribution is 2.17. The highest BCUT2D eigenvalue weighted by molar-refractivity contribution is 5.76. The van der Waals surface area contributed by atoms with Crippen molar-refractivity contribution in [1.29, 1.82) is 0 Å². The normalized spacial score (nSPS) is 13.0. The summed E-state index contributed by atoms with van der Waals surface area (Å²) in [6.07, 6.45) is 73.3. The Morgan fingerprint density at radius 3 is 0.935 bits per heavy atom. The Morgan fingerprint density at radius 2 is 0.629 bits per heavy atom. The zero-order valence-corrected chi connectivity index (χ0v) is 42.2. The van der Waals surface area contributed by atoms with Crippen LogP contribution in [0.5, 0.6) is 0 Å². The first-order chi connectivity index (χ1) is 30.7. The molecule has 0 rings (SSSR count). The van der Waals surface area contributed by atoms with Crippen LogP contribution in [0.1, 0.15) is 309 Å². The first kappa shape index (κ1) is 60.6. The summed E-state index contributed by atoms with van der Waals surface area (Å²) >= 11 is 0.